The van der Waals surface area contributed by atoms with Gasteiger partial charge in [-0.1, -0.05) is 54.6 Å². The van der Waals surface area contributed by atoms with Crippen LogP contribution in [0.15, 0.2) is 77.1 Å². The Hall–Kier alpha value is -2.89. The number of fused-ring (bicyclic) bond motifs is 1. The van der Waals surface area contributed by atoms with E-state index in [1.165, 1.54) is 22.0 Å². The molecule has 1 fully saturated rings. The van der Waals surface area contributed by atoms with Gasteiger partial charge in [-0.15, -0.1) is 11.3 Å². The van der Waals surface area contributed by atoms with Crippen molar-refractivity contribution in [3.05, 3.63) is 76.9 Å². The van der Waals surface area contributed by atoms with Gasteiger partial charge in [0.25, 0.3) is 0 Å². The number of methoxy groups -OCH3 is 1. The van der Waals surface area contributed by atoms with Crippen LogP contribution in [0.1, 0.15) is 12.8 Å². The second-order valence-corrected chi connectivity index (χ2v) is 8.30. The summed E-state index contributed by atoms with van der Waals surface area (Å²) < 4.78 is 13.8. The minimum Gasteiger partial charge on any atom is -0.494 e. The van der Waals surface area contributed by atoms with Crippen LogP contribution in [0, 0.1) is 0 Å². The highest BCUT2D eigenvalue weighted by Crippen LogP contribution is 2.31. The average molecular weight is 417 g/mol. The van der Waals surface area contributed by atoms with Gasteiger partial charge in [-0.3, -0.25) is 0 Å². The molecule has 152 valence electrons. The van der Waals surface area contributed by atoms with Gasteiger partial charge < -0.3 is 14.0 Å². The molecule has 4 nitrogen and oxygen atoms in total. The molecule has 1 atom stereocenters. The number of hydrogen-bond donors (Lipinski definition) is 0. The van der Waals surface area contributed by atoms with E-state index in [1.54, 1.807) is 18.4 Å². The molecule has 1 saturated heterocycles. The first-order valence-corrected chi connectivity index (χ1v) is 11.2. The van der Waals surface area contributed by atoms with Crippen LogP contribution >= 0.6 is 11.3 Å². The van der Waals surface area contributed by atoms with Crippen molar-refractivity contribution >= 4 is 27.8 Å². The molecule has 0 amide bonds. The molecule has 0 bridgehead atoms. The van der Waals surface area contributed by atoms with Gasteiger partial charge in [0.15, 0.2) is 4.80 Å². The van der Waals surface area contributed by atoms with Gasteiger partial charge in [-0.25, -0.2) is 4.99 Å². The van der Waals surface area contributed by atoms with E-state index in [1.807, 2.05) is 24.3 Å². The van der Waals surface area contributed by atoms with Crippen LogP contribution in [0.25, 0.3) is 22.0 Å². The van der Waals surface area contributed by atoms with Crippen molar-refractivity contribution in [3.63, 3.8) is 0 Å². The van der Waals surface area contributed by atoms with Gasteiger partial charge in [-0.2, -0.15) is 0 Å². The summed E-state index contributed by atoms with van der Waals surface area (Å²) in [5.74, 6) is 0.779. The summed E-state index contributed by atoms with van der Waals surface area (Å²) in [5, 5.41) is 4.71. The van der Waals surface area contributed by atoms with E-state index in [4.69, 9.17) is 14.5 Å². The van der Waals surface area contributed by atoms with Gasteiger partial charge in [0.05, 0.1) is 25.5 Å². The molecule has 30 heavy (non-hydrogen) atoms. The zero-order valence-electron chi connectivity index (χ0n) is 17.0. The third-order valence-electron chi connectivity index (χ3n) is 5.57. The molecule has 1 aromatic heterocycles. The first-order valence-electron chi connectivity index (χ1n) is 10.3. The number of ether oxygens (including phenoxy) is 2. The van der Waals surface area contributed by atoms with Gasteiger partial charge in [0.2, 0.25) is 0 Å². The van der Waals surface area contributed by atoms with Crippen molar-refractivity contribution < 1.29 is 9.47 Å². The van der Waals surface area contributed by atoms with E-state index in [0.29, 0.717) is 0 Å². The minimum absolute atomic E-state index is 0.227. The van der Waals surface area contributed by atoms with Crippen molar-refractivity contribution in [3.8, 4) is 17.0 Å². The highest BCUT2D eigenvalue weighted by molar-refractivity contribution is 7.07. The zero-order valence-corrected chi connectivity index (χ0v) is 17.8. The van der Waals surface area contributed by atoms with E-state index in [9.17, 15) is 0 Å². The SMILES string of the molecule is COc1ccccc1N=c1scc(-c2cccc3ccccc23)n1CC1CCCO1. The molecule has 0 aliphatic carbocycles. The van der Waals surface area contributed by atoms with Crippen LogP contribution in [0.2, 0.25) is 0 Å². The largest absolute Gasteiger partial charge is 0.494 e. The lowest BCUT2D eigenvalue weighted by Gasteiger charge is -2.15. The van der Waals surface area contributed by atoms with Crippen LogP contribution in [0.3, 0.4) is 0 Å². The summed E-state index contributed by atoms with van der Waals surface area (Å²) in [5.41, 5.74) is 3.25. The predicted molar refractivity (Wildman–Crippen MR) is 122 cm³/mol. The smallest absolute Gasteiger partial charge is 0.190 e. The van der Waals surface area contributed by atoms with Gasteiger partial charge in [-0.05, 0) is 35.7 Å². The van der Waals surface area contributed by atoms with E-state index < -0.39 is 0 Å². The van der Waals surface area contributed by atoms with Crippen LogP contribution in [0.4, 0.5) is 5.69 Å². The Bertz CT molecular complexity index is 1230. The van der Waals surface area contributed by atoms with Crippen molar-refractivity contribution in [1.82, 2.24) is 4.57 Å². The molecule has 5 rings (SSSR count). The molecule has 5 heteroatoms. The second-order valence-electron chi connectivity index (χ2n) is 7.46. The summed E-state index contributed by atoms with van der Waals surface area (Å²) in [7, 11) is 1.69. The molecule has 0 radical (unpaired) electrons. The number of thiazole rings is 1. The maximum Gasteiger partial charge on any atom is 0.190 e. The van der Waals surface area contributed by atoms with Crippen LogP contribution < -0.4 is 9.54 Å². The molecule has 0 saturated carbocycles. The summed E-state index contributed by atoms with van der Waals surface area (Å²) in [6.07, 6.45) is 2.44. The third kappa shape index (κ3) is 3.66. The predicted octanol–water partition coefficient (Wildman–Crippen LogP) is 5.79. The van der Waals surface area contributed by atoms with Crippen molar-refractivity contribution in [1.29, 1.82) is 0 Å². The molecule has 4 aromatic rings. The normalized spacial score (nSPS) is 17.0. The number of rotatable bonds is 5. The van der Waals surface area contributed by atoms with E-state index >= 15 is 0 Å². The first-order chi connectivity index (χ1) is 14.8. The van der Waals surface area contributed by atoms with Crippen molar-refractivity contribution in [2.75, 3.05) is 13.7 Å². The molecule has 1 aliphatic rings. The highest BCUT2D eigenvalue weighted by Gasteiger charge is 2.20. The highest BCUT2D eigenvalue weighted by atomic mass is 32.1. The van der Waals surface area contributed by atoms with Gasteiger partial charge in [0.1, 0.15) is 11.4 Å². The Morgan fingerprint density at radius 2 is 1.90 bits per heavy atom. The number of hydrogen-bond acceptors (Lipinski definition) is 4. The number of nitrogens with zero attached hydrogens (tertiary/aromatic N) is 2. The Balaban J connectivity index is 1.69. The Morgan fingerprint density at radius 3 is 2.77 bits per heavy atom. The summed E-state index contributed by atoms with van der Waals surface area (Å²) >= 11 is 1.66. The number of para-hydroxylation sites is 2. The number of aromatic nitrogens is 1. The van der Waals surface area contributed by atoms with Crippen LogP contribution in [0.5, 0.6) is 5.75 Å². The lowest BCUT2D eigenvalue weighted by Crippen LogP contribution is -2.24. The Kier molecular flexibility index (Phi) is 5.39. The summed E-state index contributed by atoms with van der Waals surface area (Å²) in [4.78, 5) is 5.94. The van der Waals surface area contributed by atoms with E-state index in [2.05, 4.69) is 52.4 Å². The Morgan fingerprint density at radius 1 is 1.07 bits per heavy atom. The average Bonchev–Trinajstić information content (AvgIpc) is 3.45. The number of benzene rings is 3. The molecule has 0 N–H and O–H groups in total. The van der Waals surface area contributed by atoms with Crippen molar-refractivity contribution in [2.24, 2.45) is 4.99 Å². The molecule has 1 unspecified atom stereocenters. The molecule has 0 spiro atoms. The minimum atomic E-state index is 0.227. The molecule has 3 aromatic carbocycles. The van der Waals surface area contributed by atoms with Crippen LogP contribution in [-0.4, -0.2) is 24.4 Å². The monoisotopic (exact) mass is 416 g/mol. The molecular formula is C25H24N2O2S. The van der Waals surface area contributed by atoms with E-state index in [-0.39, 0.29) is 6.10 Å². The van der Waals surface area contributed by atoms with Crippen LogP contribution in [-0.2, 0) is 11.3 Å². The van der Waals surface area contributed by atoms with Gasteiger partial charge >= 0.3 is 0 Å². The lowest BCUT2D eigenvalue weighted by atomic mass is 10.0. The molecular weight excluding hydrogens is 392 g/mol. The topological polar surface area (TPSA) is 35.8 Å². The maximum absolute atomic E-state index is 5.97. The van der Waals surface area contributed by atoms with Crippen molar-refractivity contribution in [2.45, 2.75) is 25.5 Å². The Labute approximate surface area is 180 Å². The fourth-order valence-electron chi connectivity index (χ4n) is 4.08. The van der Waals surface area contributed by atoms with Gasteiger partial charge in [0, 0.05) is 17.6 Å². The molecule has 2 heterocycles. The first kappa shape index (κ1) is 19.1. The molecule has 1 aliphatic heterocycles. The maximum atomic E-state index is 5.97. The summed E-state index contributed by atoms with van der Waals surface area (Å²) in [6.45, 7) is 1.65. The lowest BCUT2D eigenvalue weighted by molar-refractivity contribution is 0.0968. The quantitative estimate of drug-likeness (QED) is 0.413. The third-order valence-corrected chi connectivity index (χ3v) is 6.44. The fourth-order valence-corrected chi connectivity index (χ4v) is 5.00. The standard InChI is InChI=1S/C25H24N2O2S/c1-28-24-14-5-4-13-22(24)26-25-27(16-19-10-7-15-29-19)23(17-30-25)21-12-6-9-18-8-2-3-11-20(18)21/h2-6,8-9,11-14,17,19H,7,10,15-16H2,1H3. The second kappa shape index (κ2) is 8.46. The fraction of sp³-hybridized carbons (Fsp3) is 0.240. The van der Waals surface area contributed by atoms with E-state index in [0.717, 1.165) is 42.2 Å². The summed E-state index contributed by atoms with van der Waals surface area (Å²) in [6, 6.07) is 22.9. The zero-order chi connectivity index (χ0) is 20.3.